The third-order valence-corrected chi connectivity index (χ3v) is 3.60. The summed E-state index contributed by atoms with van der Waals surface area (Å²) in [4.78, 5) is 27.5. The lowest BCUT2D eigenvalue weighted by atomic mass is 10.1. The van der Waals surface area contributed by atoms with Crippen LogP contribution in [0.25, 0.3) is 0 Å². The minimum atomic E-state index is -4.95. The third-order valence-electron chi connectivity index (χ3n) is 2.65. The van der Waals surface area contributed by atoms with E-state index in [9.17, 15) is 22.8 Å². The summed E-state index contributed by atoms with van der Waals surface area (Å²) >= 11 is 1.07. The van der Waals surface area contributed by atoms with Crippen molar-refractivity contribution in [2.75, 3.05) is 12.3 Å². The number of amides is 2. The zero-order valence-corrected chi connectivity index (χ0v) is 10.2. The monoisotopic (exact) mass is 281 g/mol. The second-order valence-corrected chi connectivity index (χ2v) is 4.87. The molecule has 18 heavy (non-hydrogen) atoms. The van der Waals surface area contributed by atoms with Gasteiger partial charge in [-0.05, 0) is 0 Å². The molecule has 2 heterocycles. The number of halogens is 3. The Morgan fingerprint density at radius 2 is 2.28 bits per heavy atom. The topological polar surface area (TPSA) is 61.8 Å². The summed E-state index contributed by atoms with van der Waals surface area (Å²) in [5, 5.41) is 1.73. The van der Waals surface area contributed by atoms with E-state index in [1.165, 1.54) is 6.92 Å². The molecule has 100 valence electrons. The van der Waals surface area contributed by atoms with Gasteiger partial charge in [-0.1, -0.05) is 18.7 Å². The van der Waals surface area contributed by atoms with Gasteiger partial charge in [0.1, 0.15) is 0 Å². The number of carbonyl (C=O) groups is 2. The van der Waals surface area contributed by atoms with Crippen molar-refractivity contribution >= 4 is 28.7 Å². The lowest BCUT2D eigenvalue weighted by Gasteiger charge is -2.28. The molecule has 0 aromatic carbocycles. The Labute approximate surface area is 105 Å². The van der Waals surface area contributed by atoms with Crippen LogP contribution in [0.4, 0.5) is 13.2 Å². The van der Waals surface area contributed by atoms with E-state index >= 15 is 0 Å². The molecule has 2 aliphatic rings. The van der Waals surface area contributed by atoms with Crippen molar-refractivity contribution in [2.24, 2.45) is 4.99 Å². The van der Waals surface area contributed by atoms with Crippen molar-refractivity contribution in [2.45, 2.75) is 25.2 Å². The number of hydrogen-bond donors (Lipinski definition) is 1. The highest BCUT2D eigenvalue weighted by atomic mass is 32.2. The zero-order valence-electron chi connectivity index (χ0n) is 9.37. The number of carbonyl (C=O) groups excluding carboxylic acids is 2. The second kappa shape index (κ2) is 4.15. The molecule has 0 aliphatic carbocycles. The molecule has 1 fully saturated rings. The molecule has 0 aromatic heterocycles. The highest BCUT2D eigenvalue weighted by molar-refractivity contribution is 8.14. The molecule has 0 saturated carbocycles. The van der Waals surface area contributed by atoms with E-state index in [0.29, 0.717) is 5.75 Å². The number of rotatable bonds is 2. The largest absolute Gasteiger partial charge is 0.442 e. The predicted molar refractivity (Wildman–Crippen MR) is 58.8 cm³/mol. The fourth-order valence-corrected chi connectivity index (χ4v) is 2.68. The Hall–Kier alpha value is -1.25. The van der Waals surface area contributed by atoms with E-state index in [0.717, 1.165) is 16.7 Å². The van der Waals surface area contributed by atoms with Gasteiger partial charge >= 0.3 is 11.8 Å². The minimum Gasteiger partial charge on any atom is -0.316 e. The molecule has 0 bridgehead atoms. The Bertz CT molecular complexity index is 437. The van der Waals surface area contributed by atoms with Crippen LogP contribution in [0.3, 0.4) is 0 Å². The van der Waals surface area contributed by atoms with E-state index < -0.39 is 23.7 Å². The fraction of sp³-hybridized carbons (Fsp3) is 0.667. The lowest BCUT2D eigenvalue weighted by molar-refractivity contribution is -0.200. The van der Waals surface area contributed by atoms with Crippen LogP contribution in [0.15, 0.2) is 4.99 Å². The quantitative estimate of drug-likeness (QED) is 0.811. The summed E-state index contributed by atoms with van der Waals surface area (Å²) in [6, 6.07) is 0. The molecule has 2 aliphatic heterocycles. The third kappa shape index (κ3) is 1.76. The van der Waals surface area contributed by atoms with Crippen LogP contribution in [0.1, 0.15) is 13.3 Å². The molecule has 0 radical (unpaired) electrons. The van der Waals surface area contributed by atoms with E-state index in [4.69, 9.17) is 0 Å². The van der Waals surface area contributed by atoms with Crippen LogP contribution in [0.5, 0.6) is 0 Å². The molecule has 0 spiro atoms. The van der Waals surface area contributed by atoms with Gasteiger partial charge in [-0.15, -0.1) is 0 Å². The van der Waals surface area contributed by atoms with Crippen molar-refractivity contribution in [3.05, 3.63) is 0 Å². The van der Waals surface area contributed by atoms with Crippen molar-refractivity contribution in [3.8, 4) is 0 Å². The van der Waals surface area contributed by atoms with Gasteiger partial charge < -0.3 is 5.32 Å². The van der Waals surface area contributed by atoms with Crippen LogP contribution < -0.4 is 5.32 Å². The average molecular weight is 281 g/mol. The molecule has 1 unspecified atom stereocenters. The molecule has 2 rings (SSSR count). The summed E-state index contributed by atoms with van der Waals surface area (Å²) < 4.78 is 39.3. The Balaban J connectivity index is 2.42. The number of nitrogens with zero attached hydrogens (tertiary/aromatic N) is 2. The normalized spacial score (nSPS) is 27.2. The summed E-state index contributed by atoms with van der Waals surface area (Å²) in [5.41, 5.74) is -3.14. The molecule has 2 amide bonds. The first-order valence-corrected chi connectivity index (χ1v) is 6.22. The maximum absolute atomic E-state index is 13.1. The maximum Gasteiger partial charge on any atom is 0.442 e. The van der Waals surface area contributed by atoms with Gasteiger partial charge in [0.15, 0.2) is 5.17 Å². The molecule has 1 atom stereocenters. The fourth-order valence-electron chi connectivity index (χ4n) is 1.70. The van der Waals surface area contributed by atoms with Gasteiger partial charge in [-0.3, -0.25) is 14.5 Å². The first kappa shape index (κ1) is 13.2. The van der Waals surface area contributed by atoms with Gasteiger partial charge in [-0.2, -0.15) is 13.2 Å². The zero-order chi connectivity index (χ0) is 13.6. The van der Waals surface area contributed by atoms with E-state index in [1.807, 2.05) is 0 Å². The summed E-state index contributed by atoms with van der Waals surface area (Å²) in [7, 11) is 0. The van der Waals surface area contributed by atoms with Crippen LogP contribution in [-0.2, 0) is 9.59 Å². The van der Waals surface area contributed by atoms with E-state index in [1.54, 1.807) is 5.32 Å². The number of alkyl halides is 3. The van der Waals surface area contributed by atoms with Crippen molar-refractivity contribution in [1.29, 1.82) is 0 Å². The van der Waals surface area contributed by atoms with Crippen LogP contribution in [0.2, 0.25) is 0 Å². The van der Waals surface area contributed by atoms with Gasteiger partial charge in [0.25, 0.3) is 5.91 Å². The molecule has 1 saturated heterocycles. The molecule has 5 nitrogen and oxygen atoms in total. The van der Waals surface area contributed by atoms with Gasteiger partial charge in [0.2, 0.25) is 5.91 Å². The molecular weight excluding hydrogens is 271 g/mol. The Kier molecular flexibility index (Phi) is 3.04. The minimum absolute atomic E-state index is 0.0220. The number of thioether (sulfide) groups is 1. The van der Waals surface area contributed by atoms with Crippen LogP contribution in [0, 0.1) is 0 Å². The van der Waals surface area contributed by atoms with Gasteiger partial charge in [-0.25, -0.2) is 4.99 Å². The smallest absolute Gasteiger partial charge is 0.316 e. The van der Waals surface area contributed by atoms with Gasteiger partial charge in [0, 0.05) is 18.7 Å². The molecule has 0 aromatic rings. The number of nitrogens with one attached hydrogen (secondary N) is 1. The van der Waals surface area contributed by atoms with Crippen molar-refractivity contribution < 1.29 is 22.8 Å². The second-order valence-electron chi connectivity index (χ2n) is 3.81. The first-order valence-electron chi connectivity index (χ1n) is 5.24. The lowest BCUT2D eigenvalue weighted by Crippen LogP contribution is -2.63. The van der Waals surface area contributed by atoms with Crippen molar-refractivity contribution in [3.63, 3.8) is 0 Å². The number of fused-ring (bicyclic) bond motifs is 1. The van der Waals surface area contributed by atoms with Crippen LogP contribution >= 0.6 is 11.8 Å². The van der Waals surface area contributed by atoms with E-state index in [2.05, 4.69) is 4.99 Å². The maximum atomic E-state index is 13.1. The Morgan fingerprint density at radius 1 is 1.61 bits per heavy atom. The molecular formula is C9H10F3N3O2S. The molecule has 9 heteroatoms. The number of hydrogen-bond acceptors (Lipinski definition) is 4. The highest BCUT2D eigenvalue weighted by Gasteiger charge is 2.67. The van der Waals surface area contributed by atoms with Gasteiger partial charge in [0.05, 0.1) is 0 Å². The predicted octanol–water partition coefficient (Wildman–Crippen LogP) is 0.716. The van der Waals surface area contributed by atoms with E-state index in [-0.39, 0.29) is 18.1 Å². The standard InChI is InChI=1S/C9H10F3N3O2S/c1-2-5(16)13-8(9(10,11)12)6(17)15-3-4-18-7(15)14-8/h2-4H2,1H3,(H,13,16). The summed E-state index contributed by atoms with van der Waals surface area (Å²) in [6.07, 6.45) is -5.10. The number of amidine groups is 1. The highest BCUT2D eigenvalue weighted by Crippen LogP contribution is 2.40. The molecule has 1 N–H and O–H groups in total. The Morgan fingerprint density at radius 3 is 2.78 bits per heavy atom. The van der Waals surface area contributed by atoms with Crippen molar-refractivity contribution in [1.82, 2.24) is 10.2 Å². The SMILES string of the molecule is CCC(=O)NC1(C(F)(F)F)N=C2SCCN2C1=O. The number of aliphatic imine (C=N–C) groups is 1. The van der Waals surface area contributed by atoms with Crippen LogP contribution in [-0.4, -0.2) is 46.0 Å². The average Bonchev–Trinajstić information content (AvgIpc) is 2.81. The first-order chi connectivity index (χ1) is 8.32. The summed E-state index contributed by atoms with van der Waals surface area (Å²) in [5.74, 6) is -1.58. The summed E-state index contributed by atoms with van der Waals surface area (Å²) in [6.45, 7) is 1.59.